The molecule has 0 amide bonds. The number of rotatable bonds is 5. The summed E-state index contributed by atoms with van der Waals surface area (Å²) < 4.78 is 32.4. The molecule has 1 fully saturated rings. The van der Waals surface area contributed by atoms with Gasteiger partial charge in [0.05, 0.1) is 10.5 Å². The molecule has 2 heterocycles. The van der Waals surface area contributed by atoms with Gasteiger partial charge < -0.3 is 9.25 Å². The molecule has 1 saturated heterocycles. The zero-order valence-electron chi connectivity index (χ0n) is 16.2. The Bertz CT molecular complexity index is 976. The van der Waals surface area contributed by atoms with Crippen molar-refractivity contribution in [3.05, 3.63) is 53.5 Å². The highest BCUT2D eigenvalue weighted by Crippen LogP contribution is 2.23. The first-order valence-corrected chi connectivity index (χ1v) is 10.6. The topological polar surface area (TPSA) is 89.2 Å². The summed E-state index contributed by atoms with van der Waals surface area (Å²) in [6.45, 7) is 6.57. The molecule has 1 atom stereocenters. The number of piperidine rings is 1. The fourth-order valence-corrected chi connectivity index (χ4v) is 4.71. The van der Waals surface area contributed by atoms with Gasteiger partial charge in [0.1, 0.15) is 11.5 Å². The number of carbonyl (C=O) groups excluding carboxylic acids is 1. The number of aryl methyl sites for hydroxylation is 1. The maximum Gasteiger partial charge on any atom is 0.365 e. The van der Waals surface area contributed by atoms with Gasteiger partial charge in [-0.3, -0.25) is 0 Å². The molecule has 0 bridgehead atoms. The van der Waals surface area contributed by atoms with Crippen LogP contribution in [0.4, 0.5) is 0 Å². The quantitative estimate of drug-likeness (QED) is 0.432. The molecule has 2 aromatic rings. The molecule has 1 aromatic heterocycles. The average Bonchev–Trinajstić information content (AvgIpc) is 3.12. The van der Waals surface area contributed by atoms with E-state index in [4.69, 9.17) is 9.25 Å². The molecular weight excluding hydrogens is 380 g/mol. The van der Waals surface area contributed by atoms with Gasteiger partial charge in [0, 0.05) is 13.1 Å². The molecule has 0 spiro atoms. The highest BCUT2D eigenvalue weighted by atomic mass is 32.2. The monoisotopic (exact) mass is 404 g/mol. The molecule has 0 saturated carbocycles. The van der Waals surface area contributed by atoms with E-state index >= 15 is 0 Å². The lowest BCUT2D eigenvalue weighted by atomic mass is 10.0. The van der Waals surface area contributed by atoms with Crippen LogP contribution in [-0.2, 0) is 14.9 Å². The van der Waals surface area contributed by atoms with E-state index in [0.29, 0.717) is 30.5 Å². The number of hydrogen-bond donors (Lipinski definition) is 0. The number of oxime groups is 1. The van der Waals surface area contributed by atoms with Crippen molar-refractivity contribution in [2.24, 2.45) is 11.1 Å². The first-order chi connectivity index (χ1) is 13.3. The SMILES string of the molecule is CC(=NOC(=O)c1ccc(S(=O)(=O)N2CCCC(C)C2)cc1)c1ccc(C)o1. The van der Waals surface area contributed by atoms with Crippen LogP contribution in [0.3, 0.4) is 0 Å². The highest BCUT2D eigenvalue weighted by molar-refractivity contribution is 7.89. The minimum Gasteiger partial charge on any atom is -0.460 e. The number of carbonyl (C=O) groups is 1. The summed E-state index contributed by atoms with van der Waals surface area (Å²) in [6, 6.07) is 9.26. The third kappa shape index (κ3) is 4.51. The highest BCUT2D eigenvalue weighted by Gasteiger charge is 2.28. The van der Waals surface area contributed by atoms with Gasteiger partial charge in [0.25, 0.3) is 0 Å². The van der Waals surface area contributed by atoms with E-state index in [1.165, 1.54) is 28.6 Å². The summed E-state index contributed by atoms with van der Waals surface area (Å²) in [7, 11) is -3.56. The van der Waals surface area contributed by atoms with Crippen molar-refractivity contribution >= 4 is 21.7 Å². The Balaban J connectivity index is 1.69. The van der Waals surface area contributed by atoms with Gasteiger partial charge >= 0.3 is 5.97 Å². The molecule has 1 unspecified atom stereocenters. The molecule has 7 nitrogen and oxygen atoms in total. The number of hydrogen-bond acceptors (Lipinski definition) is 6. The van der Waals surface area contributed by atoms with Crippen molar-refractivity contribution in [1.29, 1.82) is 0 Å². The van der Waals surface area contributed by atoms with Crippen LogP contribution in [0.2, 0.25) is 0 Å². The Morgan fingerprint density at radius 1 is 1.21 bits per heavy atom. The average molecular weight is 404 g/mol. The maximum atomic E-state index is 12.8. The zero-order chi connectivity index (χ0) is 20.3. The Morgan fingerprint density at radius 3 is 2.54 bits per heavy atom. The lowest BCUT2D eigenvalue weighted by molar-refractivity contribution is 0.0516. The molecule has 0 radical (unpaired) electrons. The summed E-state index contributed by atoms with van der Waals surface area (Å²) in [4.78, 5) is 17.3. The van der Waals surface area contributed by atoms with Gasteiger partial charge in [0.2, 0.25) is 10.0 Å². The van der Waals surface area contributed by atoms with Gasteiger partial charge in [0.15, 0.2) is 5.76 Å². The Labute approximate surface area is 165 Å². The summed E-state index contributed by atoms with van der Waals surface area (Å²) in [5, 5.41) is 3.78. The van der Waals surface area contributed by atoms with Crippen molar-refractivity contribution in [3.8, 4) is 0 Å². The van der Waals surface area contributed by atoms with Crippen LogP contribution in [0.15, 0.2) is 50.9 Å². The van der Waals surface area contributed by atoms with E-state index in [-0.39, 0.29) is 10.5 Å². The van der Waals surface area contributed by atoms with Crippen LogP contribution in [0.5, 0.6) is 0 Å². The normalized spacial score (nSPS) is 18.8. The maximum absolute atomic E-state index is 12.8. The van der Waals surface area contributed by atoms with Gasteiger partial charge in [-0.05, 0) is 69.0 Å². The van der Waals surface area contributed by atoms with E-state index < -0.39 is 16.0 Å². The molecule has 8 heteroatoms. The van der Waals surface area contributed by atoms with Gasteiger partial charge in [-0.2, -0.15) is 4.31 Å². The largest absolute Gasteiger partial charge is 0.460 e. The van der Waals surface area contributed by atoms with E-state index in [0.717, 1.165) is 18.6 Å². The van der Waals surface area contributed by atoms with Crippen LogP contribution in [0.25, 0.3) is 0 Å². The predicted molar refractivity (Wildman–Crippen MR) is 105 cm³/mol. The molecule has 150 valence electrons. The van der Waals surface area contributed by atoms with Crippen LogP contribution < -0.4 is 0 Å². The predicted octanol–water partition coefficient (Wildman–Crippen LogP) is 3.59. The molecule has 3 rings (SSSR count). The van der Waals surface area contributed by atoms with Gasteiger partial charge in [-0.1, -0.05) is 12.1 Å². The third-order valence-corrected chi connectivity index (χ3v) is 6.59. The first-order valence-electron chi connectivity index (χ1n) is 9.20. The Hall–Kier alpha value is -2.45. The minimum absolute atomic E-state index is 0.170. The van der Waals surface area contributed by atoms with Crippen LogP contribution in [0.1, 0.15) is 48.6 Å². The summed E-state index contributed by atoms with van der Waals surface area (Å²) in [5.41, 5.74) is 0.651. The van der Waals surface area contributed by atoms with Crippen molar-refractivity contribution in [2.75, 3.05) is 13.1 Å². The van der Waals surface area contributed by atoms with Crippen LogP contribution in [-0.4, -0.2) is 37.5 Å². The summed E-state index contributed by atoms with van der Waals surface area (Å²) >= 11 is 0. The Morgan fingerprint density at radius 2 is 1.93 bits per heavy atom. The number of benzene rings is 1. The van der Waals surface area contributed by atoms with E-state index in [2.05, 4.69) is 5.16 Å². The standard InChI is InChI=1S/C20H24N2O5S/c1-14-5-4-12-22(13-14)28(24,25)18-9-7-17(8-10-18)20(23)27-21-16(3)19-11-6-15(2)26-19/h6-11,14H,4-5,12-13H2,1-3H3. The number of sulfonamides is 1. The van der Waals surface area contributed by atoms with E-state index in [9.17, 15) is 13.2 Å². The van der Waals surface area contributed by atoms with Gasteiger partial charge in [-0.25, -0.2) is 13.2 Å². The van der Waals surface area contributed by atoms with E-state index in [1.807, 2.05) is 13.8 Å². The van der Waals surface area contributed by atoms with Crippen molar-refractivity contribution in [1.82, 2.24) is 4.31 Å². The smallest absolute Gasteiger partial charge is 0.365 e. The molecule has 0 aliphatic carbocycles. The third-order valence-electron chi connectivity index (χ3n) is 4.71. The number of nitrogens with zero attached hydrogens (tertiary/aromatic N) is 2. The fraction of sp³-hybridized carbons (Fsp3) is 0.400. The summed E-state index contributed by atoms with van der Waals surface area (Å²) in [6.07, 6.45) is 1.89. The lowest BCUT2D eigenvalue weighted by Gasteiger charge is -2.30. The van der Waals surface area contributed by atoms with Crippen molar-refractivity contribution < 1.29 is 22.5 Å². The second kappa shape index (κ2) is 8.28. The zero-order valence-corrected chi connectivity index (χ0v) is 17.0. The Kier molecular flexibility index (Phi) is 6.00. The molecule has 1 aromatic carbocycles. The number of furan rings is 1. The lowest BCUT2D eigenvalue weighted by Crippen LogP contribution is -2.39. The second-order valence-electron chi connectivity index (χ2n) is 7.10. The molecular formula is C20H24N2O5S. The van der Waals surface area contributed by atoms with Crippen molar-refractivity contribution in [2.45, 2.75) is 38.5 Å². The molecule has 1 aliphatic heterocycles. The molecule has 28 heavy (non-hydrogen) atoms. The van der Waals surface area contributed by atoms with E-state index in [1.54, 1.807) is 19.1 Å². The molecule has 1 aliphatic rings. The van der Waals surface area contributed by atoms with Gasteiger partial charge in [-0.15, -0.1) is 0 Å². The summed E-state index contributed by atoms with van der Waals surface area (Å²) in [5.74, 6) is 0.924. The second-order valence-corrected chi connectivity index (χ2v) is 9.04. The van der Waals surface area contributed by atoms with Crippen molar-refractivity contribution in [3.63, 3.8) is 0 Å². The van der Waals surface area contributed by atoms with Crippen LogP contribution >= 0.6 is 0 Å². The first kappa shape index (κ1) is 20.3. The van der Waals surface area contributed by atoms with Crippen LogP contribution in [0, 0.1) is 12.8 Å². The molecule has 0 N–H and O–H groups in total. The fourth-order valence-electron chi connectivity index (χ4n) is 3.11. The minimum atomic E-state index is -3.56.